The van der Waals surface area contributed by atoms with Crippen LogP contribution in [0.25, 0.3) is 0 Å². The number of aryl methyl sites for hydroxylation is 3. The second kappa shape index (κ2) is 4.99. The Morgan fingerprint density at radius 1 is 1.16 bits per heavy atom. The lowest BCUT2D eigenvalue weighted by Crippen LogP contribution is -2.14. The molecule has 1 unspecified atom stereocenters. The van der Waals surface area contributed by atoms with E-state index in [1.165, 1.54) is 6.07 Å². The summed E-state index contributed by atoms with van der Waals surface area (Å²) in [6.07, 6.45) is 0. The molecule has 0 amide bonds. The quantitative estimate of drug-likeness (QED) is 0.888. The fourth-order valence-electron chi connectivity index (χ4n) is 2.34. The largest absolute Gasteiger partial charge is 0.466 e. The summed E-state index contributed by atoms with van der Waals surface area (Å²) in [4.78, 5) is 0. The lowest BCUT2D eigenvalue weighted by atomic mass is 9.95. The molecule has 0 aliphatic rings. The molecule has 0 aliphatic carbocycles. The number of hydrogen-bond donors (Lipinski definition) is 1. The summed E-state index contributed by atoms with van der Waals surface area (Å²) in [5.74, 6) is 1.30. The molecule has 2 rings (SSSR count). The van der Waals surface area contributed by atoms with Crippen LogP contribution in [0.1, 0.15) is 39.8 Å². The summed E-state index contributed by atoms with van der Waals surface area (Å²) < 4.78 is 19.0. The first-order valence-corrected chi connectivity index (χ1v) is 6.48. The molecule has 0 saturated heterocycles. The van der Waals surface area contributed by atoms with Gasteiger partial charge in [-0.05, 0) is 56.5 Å². The van der Waals surface area contributed by atoms with Crippen molar-refractivity contribution >= 4 is 11.6 Å². The Morgan fingerprint density at radius 2 is 1.79 bits per heavy atom. The van der Waals surface area contributed by atoms with Gasteiger partial charge in [-0.15, -0.1) is 0 Å². The molecular weight excluding hydrogens is 265 g/mol. The van der Waals surface area contributed by atoms with E-state index in [0.29, 0.717) is 16.1 Å². The maximum atomic E-state index is 13.4. The van der Waals surface area contributed by atoms with Crippen molar-refractivity contribution in [3.63, 3.8) is 0 Å². The van der Waals surface area contributed by atoms with E-state index in [2.05, 4.69) is 0 Å². The first kappa shape index (κ1) is 14.1. The van der Waals surface area contributed by atoms with Crippen molar-refractivity contribution in [1.29, 1.82) is 0 Å². The van der Waals surface area contributed by atoms with E-state index in [-0.39, 0.29) is 5.82 Å². The second-order valence-electron chi connectivity index (χ2n) is 4.85. The standard InChI is InChI=1S/C15H17ClFNO/c1-7-5-11(12(16)6-13(7)17)15(18)14-8(2)9(3)19-10(14)4/h5-6,15H,18H2,1-4H3. The van der Waals surface area contributed by atoms with Gasteiger partial charge in [-0.2, -0.15) is 0 Å². The van der Waals surface area contributed by atoms with Crippen molar-refractivity contribution in [2.75, 3.05) is 0 Å². The number of halogens is 2. The van der Waals surface area contributed by atoms with E-state index >= 15 is 0 Å². The van der Waals surface area contributed by atoms with Gasteiger partial charge >= 0.3 is 0 Å². The molecule has 4 heteroatoms. The van der Waals surface area contributed by atoms with Crippen LogP contribution in [0.3, 0.4) is 0 Å². The third-order valence-electron chi connectivity index (χ3n) is 3.54. The number of hydrogen-bond acceptors (Lipinski definition) is 2. The Morgan fingerprint density at radius 3 is 2.32 bits per heavy atom. The topological polar surface area (TPSA) is 39.2 Å². The smallest absolute Gasteiger partial charge is 0.127 e. The van der Waals surface area contributed by atoms with E-state index in [9.17, 15) is 4.39 Å². The highest BCUT2D eigenvalue weighted by atomic mass is 35.5. The minimum atomic E-state index is -0.413. The van der Waals surface area contributed by atoms with E-state index < -0.39 is 6.04 Å². The molecule has 2 N–H and O–H groups in total. The van der Waals surface area contributed by atoms with Crippen molar-refractivity contribution in [3.05, 3.63) is 56.7 Å². The Bertz CT molecular complexity index is 634. The van der Waals surface area contributed by atoms with Crippen LogP contribution in [0.4, 0.5) is 4.39 Å². The van der Waals surface area contributed by atoms with Gasteiger partial charge in [-0.1, -0.05) is 11.6 Å². The first-order chi connectivity index (χ1) is 8.82. The van der Waals surface area contributed by atoms with E-state index in [4.69, 9.17) is 21.8 Å². The van der Waals surface area contributed by atoms with Gasteiger partial charge in [-0.3, -0.25) is 0 Å². The van der Waals surface area contributed by atoms with Gasteiger partial charge in [-0.25, -0.2) is 4.39 Å². The molecule has 0 spiro atoms. The summed E-state index contributed by atoms with van der Waals surface area (Å²) >= 11 is 6.11. The maximum Gasteiger partial charge on any atom is 0.127 e. The molecule has 2 aromatic rings. The molecule has 2 nitrogen and oxygen atoms in total. The third-order valence-corrected chi connectivity index (χ3v) is 3.87. The van der Waals surface area contributed by atoms with Gasteiger partial charge < -0.3 is 10.2 Å². The zero-order chi connectivity index (χ0) is 14.3. The van der Waals surface area contributed by atoms with Crippen LogP contribution in [-0.2, 0) is 0 Å². The first-order valence-electron chi connectivity index (χ1n) is 6.10. The lowest BCUT2D eigenvalue weighted by molar-refractivity contribution is 0.498. The van der Waals surface area contributed by atoms with Crippen molar-refractivity contribution in [3.8, 4) is 0 Å². The summed E-state index contributed by atoms with van der Waals surface area (Å²) in [7, 11) is 0. The molecule has 1 heterocycles. The Balaban J connectivity index is 2.56. The van der Waals surface area contributed by atoms with Crippen LogP contribution in [0, 0.1) is 33.5 Å². The molecule has 19 heavy (non-hydrogen) atoms. The van der Waals surface area contributed by atoms with Crippen LogP contribution < -0.4 is 5.73 Å². The highest BCUT2D eigenvalue weighted by Crippen LogP contribution is 2.34. The minimum absolute atomic E-state index is 0.322. The fraction of sp³-hybridized carbons (Fsp3) is 0.333. The van der Waals surface area contributed by atoms with Crippen molar-refractivity contribution in [1.82, 2.24) is 0 Å². The predicted octanol–water partition coefficient (Wildman–Crippen LogP) is 4.35. The Kier molecular flexibility index (Phi) is 3.70. The Hall–Kier alpha value is -1.32. The third kappa shape index (κ3) is 2.40. The van der Waals surface area contributed by atoms with Crippen LogP contribution in [-0.4, -0.2) is 0 Å². The zero-order valence-corrected chi connectivity index (χ0v) is 12.2. The van der Waals surface area contributed by atoms with Crippen LogP contribution >= 0.6 is 11.6 Å². The highest BCUT2D eigenvalue weighted by molar-refractivity contribution is 6.31. The van der Waals surface area contributed by atoms with Gasteiger partial charge in [0, 0.05) is 10.6 Å². The summed E-state index contributed by atoms with van der Waals surface area (Å²) in [6, 6.07) is 2.59. The van der Waals surface area contributed by atoms with Gasteiger partial charge in [0.1, 0.15) is 17.3 Å². The number of furan rings is 1. The SMILES string of the molecule is Cc1cc(C(N)c2c(C)oc(C)c2C)c(Cl)cc1F. The van der Waals surface area contributed by atoms with Crippen molar-refractivity contribution < 1.29 is 8.81 Å². The molecule has 0 radical (unpaired) electrons. The van der Waals surface area contributed by atoms with Gasteiger partial charge in [0.2, 0.25) is 0 Å². The van der Waals surface area contributed by atoms with Gasteiger partial charge in [0.05, 0.1) is 6.04 Å². The molecular formula is C15H17ClFNO. The van der Waals surface area contributed by atoms with Crippen LogP contribution in [0.5, 0.6) is 0 Å². The molecule has 0 saturated carbocycles. The summed E-state index contributed by atoms with van der Waals surface area (Å²) in [6.45, 7) is 7.43. The molecule has 0 bridgehead atoms. The van der Waals surface area contributed by atoms with Crippen molar-refractivity contribution in [2.24, 2.45) is 5.73 Å². The number of nitrogens with two attached hydrogens (primary N) is 1. The molecule has 0 fully saturated rings. The number of rotatable bonds is 2. The summed E-state index contributed by atoms with van der Waals surface area (Å²) in [5, 5.41) is 0.341. The average Bonchev–Trinajstić information content (AvgIpc) is 2.57. The van der Waals surface area contributed by atoms with Gasteiger partial charge in [0.25, 0.3) is 0 Å². The second-order valence-corrected chi connectivity index (χ2v) is 5.26. The molecule has 0 aliphatic heterocycles. The van der Waals surface area contributed by atoms with E-state index in [0.717, 1.165) is 22.6 Å². The molecule has 1 atom stereocenters. The lowest BCUT2D eigenvalue weighted by Gasteiger charge is -2.15. The average molecular weight is 282 g/mol. The molecule has 102 valence electrons. The van der Waals surface area contributed by atoms with Crippen LogP contribution in [0.15, 0.2) is 16.5 Å². The van der Waals surface area contributed by atoms with E-state index in [1.54, 1.807) is 13.0 Å². The summed E-state index contributed by atoms with van der Waals surface area (Å²) in [5.41, 5.74) is 9.47. The monoisotopic (exact) mass is 281 g/mol. The normalized spacial score (nSPS) is 12.8. The Labute approximate surface area is 117 Å². The highest BCUT2D eigenvalue weighted by Gasteiger charge is 2.22. The fourth-order valence-corrected chi connectivity index (χ4v) is 2.61. The maximum absolute atomic E-state index is 13.4. The molecule has 1 aromatic heterocycles. The van der Waals surface area contributed by atoms with Crippen molar-refractivity contribution in [2.45, 2.75) is 33.7 Å². The molecule has 1 aromatic carbocycles. The predicted molar refractivity (Wildman–Crippen MR) is 75.1 cm³/mol. The minimum Gasteiger partial charge on any atom is -0.466 e. The van der Waals surface area contributed by atoms with Gasteiger partial charge in [0.15, 0.2) is 0 Å². The number of benzene rings is 1. The van der Waals surface area contributed by atoms with Crippen LogP contribution in [0.2, 0.25) is 5.02 Å². The van der Waals surface area contributed by atoms with E-state index in [1.807, 2.05) is 20.8 Å². The zero-order valence-electron chi connectivity index (χ0n) is 11.5.